The molecule has 2 aromatic rings. The molecule has 1 aromatic heterocycles. The fraction of sp³-hybridized carbons (Fsp3) is 0.235. The molecule has 3 rings (SSSR count). The summed E-state index contributed by atoms with van der Waals surface area (Å²) in [6, 6.07) is 7.84. The standard InChI is InChI=1S/C17H17ClN4O2/c1-11-10-19-8-6-14(11)20-17(24)21-15-7-9-22(16(15)23)13-4-2-12(18)3-5-13/h2-6,8,10,15H,7,9H2,1H3,(H2,19,20,21,24)/t15-/m1/s1. The molecule has 0 bridgehead atoms. The van der Waals surface area contributed by atoms with Gasteiger partial charge in [-0.25, -0.2) is 4.79 Å². The van der Waals surface area contributed by atoms with Gasteiger partial charge in [0.2, 0.25) is 5.91 Å². The topological polar surface area (TPSA) is 74.3 Å². The van der Waals surface area contributed by atoms with Crippen molar-refractivity contribution in [1.82, 2.24) is 10.3 Å². The fourth-order valence-corrected chi connectivity index (χ4v) is 2.75. The van der Waals surface area contributed by atoms with Crippen LogP contribution in [-0.2, 0) is 4.79 Å². The molecule has 1 aliphatic heterocycles. The van der Waals surface area contributed by atoms with Crippen LogP contribution in [0.15, 0.2) is 42.7 Å². The van der Waals surface area contributed by atoms with Gasteiger partial charge in [0, 0.05) is 35.3 Å². The summed E-state index contributed by atoms with van der Waals surface area (Å²) in [4.78, 5) is 30.2. The molecule has 124 valence electrons. The molecule has 1 atom stereocenters. The minimum Gasteiger partial charge on any atom is -0.326 e. The third kappa shape index (κ3) is 3.49. The SMILES string of the molecule is Cc1cnccc1NC(=O)N[C@@H]1CCN(c2ccc(Cl)cc2)C1=O. The summed E-state index contributed by atoms with van der Waals surface area (Å²) in [6.07, 6.45) is 3.83. The second-order valence-electron chi connectivity index (χ2n) is 5.60. The number of urea groups is 1. The molecule has 2 heterocycles. The molecule has 1 aromatic carbocycles. The molecule has 0 unspecified atom stereocenters. The fourth-order valence-electron chi connectivity index (χ4n) is 2.62. The first-order chi connectivity index (χ1) is 11.5. The molecule has 24 heavy (non-hydrogen) atoms. The summed E-state index contributed by atoms with van der Waals surface area (Å²) in [5, 5.41) is 6.09. The number of hydrogen-bond acceptors (Lipinski definition) is 3. The minimum atomic E-state index is -0.539. The summed E-state index contributed by atoms with van der Waals surface area (Å²) in [7, 11) is 0. The van der Waals surface area contributed by atoms with Gasteiger partial charge in [0.25, 0.3) is 0 Å². The van der Waals surface area contributed by atoms with Crippen LogP contribution in [0.2, 0.25) is 5.02 Å². The van der Waals surface area contributed by atoms with Crippen LogP contribution >= 0.6 is 11.6 Å². The highest BCUT2D eigenvalue weighted by atomic mass is 35.5. The van der Waals surface area contributed by atoms with Crippen molar-refractivity contribution in [1.29, 1.82) is 0 Å². The van der Waals surface area contributed by atoms with Gasteiger partial charge in [-0.3, -0.25) is 9.78 Å². The van der Waals surface area contributed by atoms with Crippen molar-refractivity contribution in [2.45, 2.75) is 19.4 Å². The molecular formula is C17H17ClN4O2. The molecule has 0 radical (unpaired) electrons. The van der Waals surface area contributed by atoms with Crippen LogP contribution in [0.1, 0.15) is 12.0 Å². The van der Waals surface area contributed by atoms with E-state index in [1.165, 1.54) is 0 Å². The third-order valence-electron chi connectivity index (χ3n) is 3.92. The van der Waals surface area contributed by atoms with Gasteiger partial charge in [0.1, 0.15) is 6.04 Å². The van der Waals surface area contributed by atoms with Crippen molar-refractivity contribution >= 4 is 34.9 Å². The first-order valence-corrected chi connectivity index (χ1v) is 7.97. The van der Waals surface area contributed by atoms with Gasteiger partial charge in [-0.2, -0.15) is 0 Å². The van der Waals surface area contributed by atoms with Crippen LogP contribution in [0.25, 0.3) is 0 Å². The normalized spacial score (nSPS) is 17.0. The van der Waals surface area contributed by atoms with E-state index < -0.39 is 12.1 Å². The second kappa shape index (κ2) is 6.88. The number of aromatic nitrogens is 1. The Morgan fingerprint density at radius 2 is 2.04 bits per heavy atom. The number of halogens is 1. The lowest BCUT2D eigenvalue weighted by molar-refractivity contribution is -0.118. The van der Waals surface area contributed by atoms with Crippen molar-refractivity contribution in [2.75, 3.05) is 16.8 Å². The van der Waals surface area contributed by atoms with Gasteiger partial charge in [0.05, 0.1) is 0 Å². The summed E-state index contributed by atoms with van der Waals surface area (Å²) < 4.78 is 0. The molecule has 0 aliphatic carbocycles. The molecule has 7 heteroatoms. The molecule has 0 saturated carbocycles. The lowest BCUT2D eigenvalue weighted by Gasteiger charge is -2.17. The zero-order chi connectivity index (χ0) is 17.1. The lowest BCUT2D eigenvalue weighted by atomic mass is 10.2. The number of rotatable bonds is 3. The lowest BCUT2D eigenvalue weighted by Crippen LogP contribution is -2.43. The van der Waals surface area contributed by atoms with Crippen LogP contribution in [0, 0.1) is 6.92 Å². The first kappa shape index (κ1) is 16.3. The molecular weight excluding hydrogens is 328 g/mol. The number of carbonyl (C=O) groups is 2. The van der Waals surface area contributed by atoms with Gasteiger partial charge in [-0.05, 0) is 49.2 Å². The number of benzene rings is 1. The maximum atomic E-state index is 12.5. The van der Waals surface area contributed by atoms with Crippen molar-refractivity contribution in [2.24, 2.45) is 0 Å². The summed E-state index contributed by atoms with van der Waals surface area (Å²) in [6.45, 7) is 2.41. The van der Waals surface area contributed by atoms with Crippen LogP contribution in [-0.4, -0.2) is 29.5 Å². The van der Waals surface area contributed by atoms with E-state index in [1.807, 2.05) is 6.92 Å². The number of anilines is 2. The molecule has 0 spiro atoms. The maximum Gasteiger partial charge on any atom is 0.319 e. The smallest absolute Gasteiger partial charge is 0.319 e. The first-order valence-electron chi connectivity index (χ1n) is 7.59. The van der Waals surface area contributed by atoms with E-state index in [9.17, 15) is 9.59 Å². The largest absolute Gasteiger partial charge is 0.326 e. The van der Waals surface area contributed by atoms with Gasteiger partial charge < -0.3 is 15.5 Å². The second-order valence-corrected chi connectivity index (χ2v) is 6.03. The number of amides is 3. The van der Waals surface area contributed by atoms with Gasteiger partial charge >= 0.3 is 6.03 Å². The number of pyridine rings is 1. The average Bonchev–Trinajstić information content (AvgIpc) is 2.91. The van der Waals surface area contributed by atoms with Crippen LogP contribution in [0.5, 0.6) is 0 Å². The Labute approximate surface area is 144 Å². The Bertz CT molecular complexity index is 763. The maximum absolute atomic E-state index is 12.5. The van der Waals surface area contributed by atoms with Crippen LogP contribution in [0.4, 0.5) is 16.2 Å². The predicted octanol–water partition coefficient (Wildman–Crippen LogP) is 2.97. The number of nitrogens with one attached hydrogen (secondary N) is 2. The Morgan fingerprint density at radius 3 is 2.75 bits per heavy atom. The van der Waals surface area contributed by atoms with E-state index in [-0.39, 0.29) is 5.91 Å². The highest BCUT2D eigenvalue weighted by Crippen LogP contribution is 2.23. The average molecular weight is 345 g/mol. The van der Waals surface area contributed by atoms with Gasteiger partial charge in [-0.1, -0.05) is 11.6 Å². The van der Waals surface area contributed by atoms with Crippen molar-refractivity contribution in [3.8, 4) is 0 Å². The highest BCUT2D eigenvalue weighted by molar-refractivity contribution is 6.30. The van der Waals surface area contributed by atoms with Crippen molar-refractivity contribution < 1.29 is 9.59 Å². The zero-order valence-corrected chi connectivity index (χ0v) is 13.9. The number of nitrogens with zero attached hydrogens (tertiary/aromatic N) is 2. The highest BCUT2D eigenvalue weighted by Gasteiger charge is 2.33. The molecule has 1 fully saturated rings. The number of aryl methyl sites for hydroxylation is 1. The Morgan fingerprint density at radius 1 is 1.29 bits per heavy atom. The van der Waals surface area contributed by atoms with Crippen molar-refractivity contribution in [3.63, 3.8) is 0 Å². The monoisotopic (exact) mass is 344 g/mol. The molecule has 3 amide bonds. The number of carbonyl (C=O) groups excluding carboxylic acids is 2. The van der Waals surface area contributed by atoms with Crippen molar-refractivity contribution in [3.05, 3.63) is 53.3 Å². The van der Waals surface area contributed by atoms with E-state index in [0.717, 1.165) is 11.3 Å². The molecule has 1 aliphatic rings. The Balaban J connectivity index is 1.62. The minimum absolute atomic E-state index is 0.126. The zero-order valence-electron chi connectivity index (χ0n) is 13.1. The van der Waals surface area contributed by atoms with E-state index in [1.54, 1.807) is 47.6 Å². The quantitative estimate of drug-likeness (QED) is 0.899. The number of hydrogen-bond donors (Lipinski definition) is 2. The van der Waals surface area contributed by atoms with E-state index in [2.05, 4.69) is 15.6 Å². The van der Waals surface area contributed by atoms with Gasteiger partial charge in [-0.15, -0.1) is 0 Å². The molecule has 1 saturated heterocycles. The summed E-state index contributed by atoms with van der Waals surface area (Å²) in [5.41, 5.74) is 2.30. The Kier molecular flexibility index (Phi) is 4.66. The van der Waals surface area contributed by atoms with Crippen LogP contribution < -0.4 is 15.5 Å². The molecule has 2 N–H and O–H groups in total. The third-order valence-corrected chi connectivity index (χ3v) is 4.17. The van der Waals surface area contributed by atoms with E-state index >= 15 is 0 Å². The predicted molar refractivity (Wildman–Crippen MR) is 93.3 cm³/mol. The van der Waals surface area contributed by atoms with Gasteiger partial charge in [0.15, 0.2) is 0 Å². The van der Waals surface area contributed by atoms with E-state index in [4.69, 9.17) is 11.6 Å². The Hall–Kier alpha value is -2.60. The summed E-state index contributed by atoms with van der Waals surface area (Å²) in [5.74, 6) is -0.126. The summed E-state index contributed by atoms with van der Waals surface area (Å²) >= 11 is 5.87. The van der Waals surface area contributed by atoms with Crippen LogP contribution in [0.3, 0.4) is 0 Å². The van der Waals surface area contributed by atoms with E-state index in [0.29, 0.717) is 23.7 Å². The molecule has 6 nitrogen and oxygen atoms in total.